The van der Waals surface area contributed by atoms with Gasteiger partial charge in [-0.2, -0.15) is 0 Å². The molecule has 5 nitrogen and oxygen atoms in total. The number of carbonyl (C=O) groups is 1. The van der Waals surface area contributed by atoms with Crippen molar-refractivity contribution in [3.05, 3.63) is 76.5 Å². The number of hydrogen-bond acceptors (Lipinski definition) is 4. The molecule has 0 saturated heterocycles. The molecule has 2 aromatic carbocycles. The highest BCUT2D eigenvalue weighted by atomic mass is 35.5. The Balaban J connectivity index is 1.76. The topological polar surface area (TPSA) is 63.2 Å². The maximum Gasteiger partial charge on any atom is 0.274 e. The van der Waals surface area contributed by atoms with Crippen LogP contribution < -0.4 is 15.4 Å². The summed E-state index contributed by atoms with van der Waals surface area (Å²) < 4.78 is 5.13. The molecule has 7 heteroatoms. The van der Waals surface area contributed by atoms with Gasteiger partial charge in [0, 0.05) is 17.6 Å². The van der Waals surface area contributed by atoms with E-state index in [0.717, 1.165) is 5.69 Å². The van der Waals surface area contributed by atoms with Crippen LogP contribution in [0.3, 0.4) is 0 Å². The average Bonchev–Trinajstić information content (AvgIpc) is 2.64. The van der Waals surface area contributed by atoms with Gasteiger partial charge in [-0.1, -0.05) is 35.3 Å². The first kappa shape index (κ1) is 18.0. The number of nitrogens with zero attached hydrogens (tertiary/aromatic N) is 1. The summed E-state index contributed by atoms with van der Waals surface area (Å²) in [6.45, 7) is 0. The molecule has 0 aliphatic carbocycles. The third kappa shape index (κ3) is 4.25. The largest absolute Gasteiger partial charge is 0.495 e. The molecule has 0 unspecified atom stereocenters. The summed E-state index contributed by atoms with van der Waals surface area (Å²) in [5, 5.41) is 6.87. The first-order valence-electron chi connectivity index (χ1n) is 7.69. The lowest BCUT2D eigenvalue weighted by Gasteiger charge is -2.10. The van der Waals surface area contributed by atoms with Crippen molar-refractivity contribution in [2.24, 2.45) is 0 Å². The van der Waals surface area contributed by atoms with E-state index >= 15 is 0 Å². The van der Waals surface area contributed by atoms with Gasteiger partial charge in [-0.15, -0.1) is 0 Å². The molecule has 132 valence electrons. The Morgan fingerprint density at radius 2 is 1.77 bits per heavy atom. The molecule has 0 radical (unpaired) electrons. The Hall–Kier alpha value is -2.76. The third-order valence-electron chi connectivity index (χ3n) is 3.56. The van der Waals surface area contributed by atoms with Gasteiger partial charge < -0.3 is 15.4 Å². The molecule has 1 heterocycles. The van der Waals surface area contributed by atoms with E-state index in [1.54, 1.807) is 61.8 Å². The molecule has 0 aliphatic rings. The van der Waals surface area contributed by atoms with E-state index in [9.17, 15) is 4.79 Å². The summed E-state index contributed by atoms with van der Waals surface area (Å²) in [4.78, 5) is 16.5. The first-order chi connectivity index (χ1) is 12.6. The fraction of sp³-hybridized carbons (Fsp3) is 0.0526. The van der Waals surface area contributed by atoms with Crippen molar-refractivity contribution in [2.45, 2.75) is 0 Å². The maximum atomic E-state index is 12.4. The van der Waals surface area contributed by atoms with E-state index < -0.39 is 0 Å². The third-order valence-corrected chi connectivity index (χ3v) is 4.18. The lowest BCUT2D eigenvalue weighted by Crippen LogP contribution is -2.14. The summed E-state index contributed by atoms with van der Waals surface area (Å²) >= 11 is 12.2. The lowest BCUT2D eigenvalue weighted by molar-refractivity contribution is 0.102. The SMILES string of the molecule is COc1ccc(Nc2ccnc(C(=O)Nc3ccccc3Cl)c2)cc1Cl. The Bertz CT molecular complexity index is 948. The minimum Gasteiger partial charge on any atom is -0.495 e. The van der Waals surface area contributed by atoms with Gasteiger partial charge in [-0.3, -0.25) is 9.78 Å². The van der Waals surface area contributed by atoms with Gasteiger partial charge in [0.2, 0.25) is 0 Å². The molecule has 1 aromatic heterocycles. The lowest BCUT2D eigenvalue weighted by atomic mass is 10.2. The average molecular weight is 388 g/mol. The maximum absolute atomic E-state index is 12.4. The van der Waals surface area contributed by atoms with Gasteiger partial charge in [0.15, 0.2) is 0 Å². The van der Waals surface area contributed by atoms with Gasteiger partial charge in [0.1, 0.15) is 11.4 Å². The predicted molar refractivity (Wildman–Crippen MR) is 105 cm³/mol. The van der Waals surface area contributed by atoms with Crippen LogP contribution in [0.1, 0.15) is 10.5 Å². The van der Waals surface area contributed by atoms with E-state index in [1.165, 1.54) is 0 Å². The summed E-state index contributed by atoms with van der Waals surface area (Å²) in [5.41, 5.74) is 2.25. The normalized spacial score (nSPS) is 10.3. The summed E-state index contributed by atoms with van der Waals surface area (Å²) in [6, 6.07) is 15.7. The van der Waals surface area contributed by atoms with Gasteiger partial charge in [-0.25, -0.2) is 0 Å². The number of amides is 1. The zero-order valence-corrected chi connectivity index (χ0v) is 15.3. The predicted octanol–water partition coefficient (Wildman–Crippen LogP) is 5.39. The smallest absolute Gasteiger partial charge is 0.274 e. The molecular formula is C19H15Cl2N3O2. The Labute approximate surface area is 160 Å². The minimum absolute atomic E-state index is 0.259. The zero-order chi connectivity index (χ0) is 18.5. The molecule has 26 heavy (non-hydrogen) atoms. The number of aromatic nitrogens is 1. The number of pyridine rings is 1. The van der Waals surface area contributed by atoms with Crippen molar-refractivity contribution in [1.82, 2.24) is 4.98 Å². The van der Waals surface area contributed by atoms with Crippen LogP contribution >= 0.6 is 23.2 Å². The van der Waals surface area contributed by atoms with Crippen LogP contribution in [0.5, 0.6) is 5.75 Å². The molecule has 0 fully saturated rings. The second-order valence-electron chi connectivity index (χ2n) is 5.34. The number of anilines is 3. The monoisotopic (exact) mass is 387 g/mol. The standard InChI is InChI=1S/C19H15Cl2N3O2/c1-26-18-7-6-12(10-15(18)21)23-13-8-9-22-17(11-13)19(25)24-16-5-3-2-4-14(16)20/h2-11H,1H3,(H,22,23)(H,24,25). The molecule has 0 atom stereocenters. The Kier molecular flexibility index (Phi) is 5.61. The van der Waals surface area contributed by atoms with Crippen LogP contribution in [0.25, 0.3) is 0 Å². The van der Waals surface area contributed by atoms with E-state index in [1.807, 2.05) is 6.07 Å². The number of halogens is 2. The van der Waals surface area contributed by atoms with E-state index in [4.69, 9.17) is 27.9 Å². The van der Waals surface area contributed by atoms with Crippen molar-refractivity contribution < 1.29 is 9.53 Å². The van der Waals surface area contributed by atoms with Crippen LogP contribution in [0.4, 0.5) is 17.1 Å². The van der Waals surface area contributed by atoms with Crippen molar-refractivity contribution in [1.29, 1.82) is 0 Å². The highest BCUT2D eigenvalue weighted by Crippen LogP contribution is 2.29. The number of benzene rings is 2. The fourth-order valence-corrected chi connectivity index (χ4v) is 2.73. The molecule has 1 amide bonds. The van der Waals surface area contributed by atoms with Crippen LogP contribution in [0.2, 0.25) is 10.0 Å². The highest BCUT2D eigenvalue weighted by Gasteiger charge is 2.11. The van der Waals surface area contributed by atoms with Crippen molar-refractivity contribution in [2.75, 3.05) is 17.7 Å². The molecule has 2 N–H and O–H groups in total. The molecule has 0 aliphatic heterocycles. The molecule has 3 rings (SSSR count). The van der Waals surface area contributed by atoms with Gasteiger partial charge >= 0.3 is 0 Å². The van der Waals surface area contributed by atoms with Crippen LogP contribution in [-0.4, -0.2) is 18.0 Å². The molecule has 3 aromatic rings. The van der Waals surface area contributed by atoms with Crippen LogP contribution in [0, 0.1) is 0 Å². The zero-order valence-electron chi connectivity index (χ0n) is 13.8. The second kappa shape index (κ2) is 8.08. The number of methoxy groups -OCH3 is 1. The quantitative estimate of drug-likeness (QED) is 0.615. The highest BCUT2D eigenvalue weighted by molar-refractivity contribution is 6.34. The fourth-order valence-electron chi connectivity index (χ4n) is 2.29. The van der Waals surface area contributed by atoms with E-state index in [-0.39, 0.29) is 11.6 Å². The number of hydrogen-bond donors (Lipinski definition) is 2. The number of nitrogens with one attached hydrogen (secondary N) is 2. The van der Waals surface area contributed by atoms with Gasteiger partial charge in [0.05, 0.1) is 22.8 Å². The molecular weight excluding hydrogens is 373 g/mol. The van der Waals surface area contributed by atoms with Gasteiger partial charge in [0.25, 0.3) is 5.91 Å². The number of ether oxygens (including phenoxy) is 1. The van der Waals surface area contributed by atoms with Crippen LogP contribution in [0.15, 0.2) is 60.8 Å². The molecule has 0 saturated carbocycles. The van der Waals surface area contributed by atoms with E-state index in [2.05, 4.69) is 15.6 Å². The number of rotatable bonds is 5. The Morgan fingerprint density at radius 1 is 1.00 bits per heavy atom. The molecule has 0 bridgehead atoms. The first-order valence-corrected chi connectivity index (χ1v) is 8.45. The minimum atomic E-state index is -0.352. The van der Waals surface area contributed by atoms with Crippen molar-refractivity contribution in [3.8, 4) is 5.75 Å². The summed E-state index contributed by atoms with van der Waals surface area (Å²) in [7, 11) is 1.56. The number of para-hydroxylation sites is 1. The van der Waals surface area contributed by atoms with E-state index in [0.29, 0.717) is 27.2 Å². The van der Waals surface area contributed by atoms with Gasteiger partial charge in [-0.05, 0) is 42.5 Å². The van der Waals surface area contributed by atoms with Crippen LogP contribution in [-0.2, 0) is 0 Å². The van der Waals surface area contributed by atoms with Crippen molar-refractivity contribution >= 4 is 46.2 Å². The Morgan fingerprint density at radius 3 is 2.50 bits per heavy atom. The second-order valence-corrected chi connectivity index (χ2v) is 6.15. The summed E-state index contributed by atoms with van der Waals surface area (Å²) in [6.07, 6.45) is 1.55. The number of carbonyl (C=O) groups excluding carboxylic acids is 1. The summed E-state index contributed by atoms with van der Waals surface area (Å²) in [5.74, 6) is 0.237. The molecule has 0 spiro atoms. The van der Waals surface area contributed by atoms with Crippen molar-refractivity contribution in [3.63, 3.8) is 0 Å².